The van der Waals surface area contributed by atoms with Gasteiger partial charge >= 0.3 is 0 Å². The van der Waals surface area contributed by atoms with Gasteiger partial charge in [-0.15, -0.1) is 0 Å². The Kier molecular flexibility index (Phi) is 5.02. The van der Waals surface area contributed by atoms with E-state index in [2.05, 4.69) is 10.1 Å². The summed E-state index contributed by atoms with van der Waals surface area (Å²) in [7, 11) is 0. The van der Waals surface area contributed by atoms with E-state index < -0.39 is 0 Å². The Morgan fingerprint density at radius 2 is 2.22 bits per heavy atom. The summed E-state index contributed by atoms with van der Waals surface area (Å²) < 4.78 is 10.6. The molecule has 0 N–H and O–H groups in total. The number of aryl methyl sites for hydroxylation is 1. The summed E-state index contributed by atoms with van der Waals surface area (Å²) >= 11 is 0. The highest BCUT2D eigenvalue weighted by Crippen LogP contribution is 2.30. The van der Waals surface area contributed by atoms with Crippen LogP contribution in [-0.2, 0) is 16.1 Å². The van der Waals surface area contributed by atoms with Gasteiger partial charge in [0.2, 0.25) is 11.8 Å². The van der Waals surface area contributed by atoms with Crippen LogP contribution in [0.4, 0.5) is 0 Å². The summed E-state index contributed by atoms with van der Waals surface area (Å²) in [6, 6.07) is 9.89. The van der Waals surface area contributed by atoms with Crippen molar-refractivity contribution in [1.29, 1.82) is 0 Å². The number of hydrogen-bond acceptors (Lipinski definition) is 5. The molecule has 23 heavy (non-hydrogen) atoms. The van der Waals surface area contributed by atoms with E-state index in [0.29, 0.717) is 31.3 Å². The number of rotatable bonds is 6. The Hall–Kier alpha value is -2.21. The Morgan fingerprint density at radius 1 is 1.39 bits per heavy atom. The molecule has 6 nitrogen and oxygen atoms in total. The molecule has 3 rings (SSSR count). The highest BCUT2D eigenvalue weighted by molar-refractivity contribution is 5.77. The van der Waals surface area contributed by atoms with Gasteiger partial charge in [0.05, 0.1) is 25.7 Å². The SMILES string of the molecule is Cc1nc(C2CCCN2C(=O)CCOCc2ccccc2)no1. The second-order valence-corrected chi connectivity index (χ2v) is 5.70. The third-order valence-corrected chi connectivity index (χ3v) is 3.99. The molecule has 1 saturated heterocycles. The van der Waals surface area contributed by atoms with E-state index >= 15 is 0 Å². The van der Waals surface area contributed by atoms with Crippen molar-refractivity contribution in [2.45, 2.75) is 38.8 Å². The number of aromatic nitrogens is 2. The lowest BCUT2D eigenvalue weighted by molar-refractivity contribution is -0.133. The third kappa shape index (κ3) is 3.96. The fourth-order valence-corrected chi connectivity index (χ4v) is 2.85. The second kappa shape index (κ2) is 7.37. The molecule has 1 unspecified atom stereocenters. The summed E-state index contributed by atoms with van der Waals surface area (Å²) in [4.78, 5) is 18.5. The smallest absolute Gasteiger partial charge is 0.225 e. The lowest BCUT2D eigenvalue weighted by Gasteiger charge is -2.22. The summed E-state index contributed by atoms with van der Waals surface area (Å²) in [5, 5.41) is 3.96. The molecule has 1 aliphatic rings. The van der Waals surface area contributed by atoms with E-state index in [9.17, 15) is 4.79 Å². The molecular weight excluding hydrogens is 294 g/mol. The van der Waals surface area contributed by atoms with Crippen molar-refractivity contribution >= 4 is 5.91 Å². The van der Waals surface area contributed by atoms with Crippen LogP contribution in [0.5, 0.6) is 0 Å². The molecule has 1 amide bonds. The van der Waals surface area contributed by atoms with Crippen molar-refractivity contribution in [3.8, 4) is 0 Å². The molecule has 1 aromatic heterocycles. The van der Waals surface area contributed by atoms with Gasteiger partial charge < -0.3 is 14.2 Å². The number of carbonyl (C=O) groups is 1. The standard InChI is InChI=1S/C17H21N3O3/c1-13-18-17(19-23-13)15-8-5-10-20(15)16(21)9-11-22-12-14-6-3-2-4-7-14/h2-4,6-7,15H,5,8-12H2,1H3. The fourth-order valence-electron chi connectivity index (χ4n) is 2.85. The van der Waals surface area contributed by atoms with Gasteiger partial charge in [-0.05, 0) is 18.4 Å². The Labute approximate surface area is 135 Å². The molecule has 6 heteroatoms. The topological polar surface area (TPSA) is 68.5 Å². The molecule has 0 saturated carbocycles. The van der Waals surface area contributed by atoms with Gasteiger partial charge in [-0.2, -0.15) is 4.98 Å². The van der Waals surface area contributed by atoms with Crippen LogP contribution in [0.25, 0.3) is 0 Å². The second-order valence-electron chi connectivity index (χ2n) is 5.70. The van der Waals surface area contributed by atoms with Gasteiger partial charge in [-0.25, -0.2) is 0 Å². The first-order valence-electron chi connectivity index (χ1n) is 7.95. The molecule has 2 heterocycles. The molecule has 0 radical (unpaired) electrons. The molecular formula is C17H21N3O3. The Balaban J connectivity index is 1.47. The maximum Gasteiger partial charge on any atom is 0.225 e. The number of likely N-dealkylation sites (tertiary alicyclic amines) is 1. The van der Waals surface area contributed by atoms with Crippen LogP contribution < -0.4 is 0 Å². The van der Waals surface area contributed by atoms with Gasteiger partial charge in [0.25, 0.3) is 0 Å². The predicted octanol–water partition coefficient (Wildman–Crippen LogP) is 2.65. The molecule has 1 fully saturated rings. The minimum Gasteiger partial charge on any atom is -0.376 e. The third-order valence-electron chi connectivity index (χ3n) is 3.99. The minimum absolute atomic E-state index is 0.0610. The van der Waals surface area contributed by atoms with Crippen LogP contribution in [0.2, 0.25) is 0 Å². The van der Waals surface area contributed by atoms with Crippen molar-refractivity contribution in [1.82, 2.24) is 15.0 Å². The zero-order chi connectivity index (χ0) is 16.1. The first-order chi connectivity index (χ1) is 11.2. The summed E-state index contributed by atoms with van der Waals surface area (Å²) in [6.45, 7) is 3.45. The molecule has 1 aliphatic heterocycles. The zero-order valence-electron chi connectivity index (χ0n) is 13.3. The monoisotopic (exact) mass is 315 g/mol. The highest BCUT2D eigenvalue weighted by atomic mass is 16.5. The average molecular weight is 315 g/mol. The van der Waals surface area contributed by atoms with E-state index in [-0.39, 0.29) is 11.9 Å². The van der Waals surface area contributed by atoms with E-state index in [4.69, 9.17) is 9.26 Å². The van der Waals surface area contributed by atoms with E-state index in [1.54, 1.807) is 6.92 Å². The van der Waals surface area contributed by atoms with Crippen LogP contribution in [0.3, 0.4) is 0 Å². The lowest BCUT2D eigenvalue weighted by Crippen LogP contribution is -2.31. The first kappa shape index (κ1) is 15.7. The van der Waals surface area contributed by atoms with Gasteiger partial charge in [-0.1, -0.05) is 35.5 Å². The van der Waals surface area contributed by atoms with Gasteiger partial charge in [-0.3, -0.25) is 4.79 Å². The van der Waals surface area contributed by atoms with Crippen molar-refractivity contribution in [2.75, 3.05) is 13.2 Å². The number of nitrogens with zero attached hydrogens (tertiary/aromatic N) is 3. The lowest BCUT2D eigenvalue weighted by atomic mass is 10.2. The Bertz CT molecular complexity index is 642. The number of carbonyl (C=O) groups excluding carboxylic acids is 1. The number of amides is 1. The van der Waals surface area contributed by atoms with Crippen LogP contribution in [0.1, 0.15) is 42.6 Å². The summed E-state index contributed by atoms with van der Waals surface area (Å²) in [6.07, 6.45) is 2.23. The summed E-state index contributed by atoms with van der Waals surface area (Å²) in [5.74, 6) is 1.23. The Morgan fingerprint density at radius 3 is 2.96 bits per heavy atom. The van der Waals surface area contributed by atoms with Gasteiger partial charge in [0.15, 0.2) is 5.82 Å². The maximum absolute atomic E-state index is 12.4. The fraction of sp³-hybridized carbons (Fsp3) is 0.471. The van der Waals surface area contributed by atoms with Crippen molar-refractivity contribution in [3.63, 3.8) is 0 Å². The molecule has 0 aliphatic carbocycles. The molecule has 0 spiro atoms. The van der Waals surface area contributed by atoms with E-state index in [1.165, 1.54) is 0 Å². The molecule has 122 valence electrons. The van der Waals surface area contributed by atoms with Crippen LogP contribution in [0.15, 0.2) is 34.9 Å². The predicted molar refractivity (Wildman–Crippen MR) is 83.4 cm³/mol. The number of hydrogen-bond donors (Lipinski definition) is 0. The van der Waals surface area contributed by atoms with Crippen LogP contribution in [0, 0.1) is 6.92 Å². The zero-order valence-corrected chi connectivity index (χ0v) is 13.3. The molecule has 1 aromatic carbocycles. The summed E-state index contributed by atoms with van der Waals surface area (Å²) in [5.41, 5.74) is 1.11. The van der Waals surface area contributed by atoms with Crippen molar-refractivity contribution < 1.29 is 14.1 Å². The van der Waals surface area contributed by atoms with E-state index in [1.807, 2.05) is 35.2 Å². The minimum atomic E-state index is -0.0610. The molecule has 0 bridgehead atoms. The molecule has 2 aromatic rings. The quantitative estimate of drug-likeness (QED) is 0.767. The van der Waals surface area contributed by atoms with Gasteiger partial charge in [0, 0.05) is 13.5 Å². The maximum atomic E-state index is 12.4. The van der Waals surface area contributed by atoms with Crippen molar-refractivity contribution in [3.05, 3.63) is 47.6 Å². The van der Waals surface area contributed by atoms with E-state index in [0.717, 1.165) is 24.9 Å². The average Bonchev–Trinajstić information content (AvgIpc) is 3.21. The normalized spacial score (nSPS) is 17.6. The highest BCUT2D eigenvalue weighted by Gasteiger charge is 2.32. The van der Waals surface area contributed by atoms with Crippen LogP contribution >= 0.6 is 0 Å². The van der Waals surface area contributed by atoms with Crippen molar-refractivity contribution in [2.24, 2.45) is 0 Å². The number of benzene rings is 1. The first-order valence-corrected chi connectivity index (χ1v) is 7.95. The van der Waals surface area contributed by atoms with Gasteiger partial charge in [0.1, 0.15) is 0 Å². The largest absolute Gasteiger partial charge is 0.376 e. The molecule has 1 atom stereocenters. The number of ether oxygens (including phenoxy) is 1. The van der Waals surface area contributed by atoms with Crippen LogP contribution in [-0.4, -0.2) is 34.1 Å².